The molecular weight excluding hydrogens is 369 g/mol. The van der Waals surface area contributed by atoms with Crippen LogP contribution in [0.4, 0.5) is 5.69 Å². The highest BCUT2D eigenvalue weighted by Crippen LogP contribution is 2.38. The minimum Gasteiger partial charge on any atom is -0.465 e. The number of carbonyl (C=O) groups is 1. The van der Waals surface area contributed by atoms with Crippen molar-refractivity contribution < 1.29 is 19.2 Å². The van der Waals surface area contributed by atoms with Crippen LogP contribution in [0.1, 0.15) is 10.4 Å². The van der Waals surface area contributed by atoms with Crippen LogP contribution in [0.3, 0.4) is 0 Å². The minimum absolute atomic E-state index is 0.000221. The summed E-state index contributed by atoms with van der Waals surface area (Å²) in [6.07, 6.45) is 0. The molecule has 0 atom stereocenters. The summed E-state index contributed by atoms with van der Waals surface area (Å²) < 4.78 is 10.1. The number of nitro benzene ring substituents is 1. The van der Waals surface area contributed by atoms with Crippen molar-refractivity contribution in [2.75, 3.05) is 7.11 Å². The zero-order valence-corrected chi connectivity index (χ0v) is 13.8. The number of hydrogen-bond acceptors (Lipinski definition) is 5. The summed E-state index contributed by atoms with van der Waals surface area (Å²) in [7, 11) is 1.18. The average molecular weight is 377 g/mol. The third-order valence-electron chi connectivity index (χ3n) is 2.78. The summed E-state index contributed by atoms with van der Waals surface area (Å²) in [5.74, 6) is -0.718. The maximum atomic E-state index is 11.8. The average Bonchev–Trinajstić information content (AvgIpc) is 2.51. The summed E-state index contributed by atoms with van der Waals surface area (Å²) in [4.78, 5) is 22.0. The van der Waals surface area contributed by atoms with E-state index in [1.54, 1.807) is 0 Å². The molecule has 0 aliphatic heterocycles. The van der Waals surface area contributed by atoms with Gasteiger partial charge in [-0.3, -0.25) is 10.1 Å². The predicted molar refractivity (Wildman–Crippen MR) is 86.0 cm³/mol. The van der Waals surface area contributed by atoms with E-state index < -0.39 is 10.9 Å². The molecule has 2 aromatic carbocycles. The summed E-state index contributed by atoms with van der Waals surface area (Å²) in [5, 5.41) is 11.4. The number of esters is 1. The van der Waals surface area contributed by atoms with Crippen LogP contribution in [-0.2, 0) is 4.74 Å². The van der Waals surface area contributed by atoms with Crippen molar-refractivity contribution in [3.63, 3.8) is 0 Å². The third-order valence-corrected chi connectivity index (χ3v) is 3.79. The number of benzene rings is 2. The maximum Gasteiger partial charge on any atom is 0.341 e. The summed E-state index contributed by atoms with van der Waals surface area (Å²) >= 11 is 17.7. The highest BCUT2D eigenvalue weighted by Gasteiger charge is 2.19. The van der Waals surface area contributed by atoms with Gasteiger partial charge in [0.2, 0.25) is 0 Å². The Morgan fingerprint density at radius 3 is 2.30 bits per heavy atom. The number of rotatable bonds is 4. The van der Waals surface area contributed by atoms with Gasteiger partial charge in [-0.05, 0) is 12.1 Å². The summed E-state index contributed by atoms with van der Waals surface area (Å²) in [5.41, 5.74) is -0.260. The molecule has 0 saturated heterocycles. The number of halogens is 3. The fourth-order valence-corrected chi connectivity index (χ4v) is 2.26. The Morgan fingerprint density at radius 2 is 1.70 bits per heavy atom. The molecule has 0 amide bonds. The van der Waals surface area contributed by atoms with Gasteiger partial charge in [0, 0.05) is 12.1 Å². The fourth-order valence-electron chi connectivity index (χ4n) is 1.69. The lowest BCUT2D eigenvalue weighted by Crippen LogP contribution is -2.04. The molecule has 9 heteroatoms. The van der Waals surface area contributed by atoms with Gasteiger partial charge in [0.15, 0.2) is 0 Å². The van der Waals surface area contributed by atoms with E-state index in [0.717, 1.165) is 12.1 Å². The molecule has 2 rings (SSSR count). The first-order chi connectivity index (χ1) is 10.8. The highest BCUT2D eigenvalue weighted by atomic mass is 35.5. The van der Waals surface area contributed by atoms with Gasteiger partial charge in [0.25, 0.3) is 5.69 Å². The number of methoxy groups -OCH3 is 1. The zero-order chi connectivity index (χ0) is 17.1. The van der Waals surface area contributed by atoms with Crippen molar-refractivity contribution in [1.29, 1.82) is 0 Å². The smallest absolute Gasteiger partial charge is 0.341 e. The predicted octanol–water partition coefficient (Wildman–Crippen LogP) is 5.13. The second kappa shape index (κ2) is 7.04. The van der Waals surface area contributed by atoms with Gasteiger partial charge >= 0.3 is 5.97 Å². The third kappa shape index (κ3) is 3.85. The molecule has 2 aromatic rings. The molecular formula is C14H8Cl3NO5. The maximum absolute atomic E-state index is 11.8. The topological polar surface area (TPSA) is 78.7 Å². The van der Waals surface area contributed by atoms with Crippen LogP contribution in [0.15, 0.2) is 30.3 Å². The number of ether oxygens (including phenoxy) is 2. The highest BCUT2D eigenvalue weighted by molar-refractivity contribution is 6.43. The fraction of sp³-hybridized carbons (Fsp3) is 0.0714. The van der Waals surface area contributed by atoms with Gasteiger partial charge in [0.05, 0.1) is 33.2 Å². The molecule has 0 unspecified atom stereocenters. The minimum atomic E-state index is -0.717. The van der Waals surface area contributed by atoms with E-state index in [-0.39, 0.29) is 37.8 Å². The molecule has 0 bridgehead atoms. The van der Waals surface area contributed by atoms with E-state index in [2.05, 4.69) is 4.74 Å². The quantitative estimate of drug-likeness (QED) is 0.320. The van der Waals surface area contributed by atoms with Crippen LogP contribution in [-0.4, -0.2) is 18.0 Å². The second-order valence-corrected chi connectivity index (χ2v) is 5.45. The van der Waals surface area contributed by atoms with E-state index in [0.29, 0.717) is 0 Å². The monoisotopic (exact) mass is 375 g/mol. The summed E-state index contributed by atoms with van der Waals surface area (Å²) in [6, 6.07) is 6.17. The molecule has 6 nitrogen and oxygen atoms in total. The van der Waals surface area contributed by atoms with Crippen LogP contribution in [0.2, 0.25) is 15.1 Å². The molecule has 0 N–H and O–H groups in total. The number of hydrogen-bond donors (Lipinski definition) is 0. The Balaban J connectivity index is 2.52. The largest absolute Gasteiger partial charge is 0.465 e. The molecule has 23 heavy (non-hydrogen) atoms. The van der Waals surface area contributed by atoms with Crippen molar-refractivity contribution in [3.8, 4) is 11.5 Å². The van der Waals surface area contributed by atoms with E-state index in [4.69, 9.17) is 39.5 Å². The van der Waals surface area contributed by atoms with Crippen LogP contribution in [0, 0.1) is 10.1 Å². The first-order valence-corrected chi connectivity index (χ1v) is 7.16. The Morgan fingerprint density at radius 1 is 1.04 bits per heavy atom. The Labute approximate surface area is 145 Å². The van der Waals surface area contributed by atoms with Crippen molar-refractivity contribution in [2.24, 2.45) is 0 Å². The van der Waals surface area contributed by atoms with Gasteiger partial charge in [-0.15, -0.1) is 0 Å². The zero-order valence-electron chi connectivity index (χ0n) is 11.5. The Hall–Kier alpha value is -2.02. The normalized spacial score (nSPS) is 10.3. The van der Waals surface area contributed by atoms with E-state index in [1.807, 2.05) is 0 Å². The van der Waals surface area contributed by atoms with Crippen molar-refractivity contribution >= 4 is 46.5 Å². The molecule has 0 fully saturated rings. The van der Waals surface area contributed by atoms with Crippen molar-refractivity contribution in [3.05, 3.63) is 61.1 Å². The molecule has 0 aliphatic rings. The van der Waals surface area contributed by atoms with Gasteiger partial charge < -0.3 is 9.47 Å². The van der Waals surface area contributed by atoms with Gasteiger partial charge in [-0.1, -0.05) is 34.8 Å². The van der Waals surface area contributed by atoms with Crippen LogP contribution in [0.25, 0.3) is 0 Å². The lowest BCUT2D eigenvalue weighted by atomic mass is 10.2. The van der Waals surface area contributed by atoms with Gasteiger partial charge in [0.1, 0.15) is 17.1 Å². The lowest BCUT2D eigenvalue weighted by molar-refractivity contribution is -0.384. The van der Waals surface area contributed by atoms with E-state index in [9.17, 15) is 14.9 Å². The molecule has 0 aromatic heterocycles. The van der Waals surface area contributed by atoms with Crippen LogP contribution < -0.4 is 4.74 Å². The SMILES string of the molecule is COC(=O)c1ccc([N+](=O)[O-])cc1Oc1cc(Cl)c(Cl)cc1Cl. The van der Waals surface area contributed by atoms with E-state index in [1.165, 1.54) is 25.3 Å². The lowest BCUT2D eigenvalue weighted by Gasteiger charge is -2.12. The second-order valence-electron chi connectivity index (χ2n) is 4.23. The van der Waals surface area contributed by atoms with Gasteiger partial charge in [-0.25, -0.2) is 4.79 Å². The Bertz CT molecular complexity index is 794. The number of non-ortho nitro benzene ring substituents is 1. The first kappa shape index (κ1) is 17.3. The molecule has 0 radical (unpaired) electrons. The summed E-state index contributed by atoms with van der Waals surface area (Å²) in [6.45, 7) is 0. The molecule has 0 saturated carbocycles. The molecule has 0 heterocycles. The van der Waals surface area contributed by atoms with Crippen molar-refractivity contribution in [1.82, 2.24) is 0 Å². The standard InChI is InChI=1S/C14H8Cl3NO5/c1-22-14(19)8-3-2-7(18(20)21)4-12(8)23-13-6-10(16)9(15)5-11(13)17/h2-6H,1H3. The van der Waals surface area contributed by atoms with Crippen molar-refractivity contribution in [2.45, 2.75) is 0 Å². The van der Waals surface area contributed by atoms with Crippen LogP contribution >= 0.6 is 34.8 Å². The van der Waals surface area contributed by atoms with Crippen LogP contribution in [0.5, 0.6) is 11.5 Å². The Kier molecular flexibility index (Phi) is 5.30. The molecule has 0 spiro atoms. The molecule has 0 aliphatic carbocycles. The number of nitrogens with zero attached hydrogens (tertiary/aromatic N) is 1. The molecule has 120 valence electrons. The number of nitro groups is 1. The first-order valence-electron chi connectivity index (χ1n) is 6.02. The number of carbonyl (C=O) groups excluding carboxylic acids is 1. The van der Waals surface area contributed by atoms with E-state index >= 15 is 0 Å². The van der Waals surface area contributed by atoms with Gasteiger partial charge in [-0.2, -0.15) is 0 Å².